The van der Waals surface area contributed by atoms with Crippen LogP contribution in [0.4, 0.5) is 0 Å². The lowest BCUT2D eigenvalue weighted by atomic mass is 9.54. The van der Waals surface area contributed by atoms with Crippen LogP contribution in [0.1, 0.15) is 53.4 Å². The van der Waals surface area contributed by atoms with Gasteiger partial charge in [0.2, 0.25) is 6.29 Å². The number of rotatable bonds is 1. The molecule has 122 valence electrons. The molecule has 22 heavy (non-hydrogen) atoms. The van der Waals surface area contributed by atoms with Crippen LogP contribution in [0.5, 0.6) is 0 Å². The lowest BCUT2D eigenvalue weighted by Crippen LogP contribution is -2.71. The predicted molar refractivity (Wildman–Crippen MR) is 82.2 cm³/mol. The number of fused-ring (bicyclic) bond motifs is 1. The Hall–Kier alpha value is -0.360. The van der Waals surface area contributed by atoms with Gasteiger partial charge in [-0.05, 0) is 59.2 Å². The van der Waals surface area contributed by atoms with Crippen LogP contribution in [-0.4, -0.2) is 34.0 Å². The molecular formula is C16H23NO4S. The van der Waals surface area contributed by atoms with E-state index in [0.29, 0.717) is 0 Å². The molecule has 3 saturated heterocycles. The first-order chi connectivity index (χ1) is 10.3. The Kier molecular flexibility index (Phi) is 3.02. The molecule has 5 nitrogen and oxygen atoms in total. The molecule has 0 amide bonds. The third-order valence-electron chi connectivity index (χ3n) is 6.27. The third kappa shape index (κ3) is 1.74. The fourth-order valence-corrected chi connectivity index (χ4v) is 5.51. The van der Waals surface area contributed by atoms with E-state index in [-0.39, 0.29) is 17.4 Å². The summed E-state index contributed by atoms with van der Waals surface area (Å²) in [6.07, 6.45) is 3.21. The zero-order valence-electron chi connectivity index (χ0n) is 13.5. The molecular weight excluding hydrogens is 302 g/mol. The second-order valence-corrected chi connectivity index (χ2v) is 8.25. The van der Waals surface area contributed by atoms with E-state index in [0.717, 1.165) is 25.7 Å². The molecule has 4 fully saturated rings. The molecule has 1 saturated carbocycles. The second-order valence-electron chi connectivity index (χ2n) is 8.06. The first kappa shape index (κ1) is 15.2. The molecule has 0 aromatic rings. The molecule has 0 aromatic carbocycles. The molecule has 4 aliphatic rings. The summed E-state index contributed by atoms with van der Waals surface area (Å²) >= 11 is 4.90. The topological polar surface area (TPSA) is 49.3 Å². The van der Waals surface area contributed by atoms with Crippen LogP contribution in [0, 0.1) is 11.8 Å². The summed E-state index contributed by atoms with van der Waals surface area (Å²) in [4.78, 5) is 15.9. The van der Waals surface area contributed by atoms with Crippen molar-refractivity contribution in [2.45, 2.75) is 82.2 Å². The van der Waals surface area contributed by atoms with Crippen LogP contribution in [0.3, 0.4) is 0 Å². The second kappa shape index (κ2) is 4.38. The van der Waals surface area contributed by atoms with Crippen molar-refractivity contribution in [2.75, 3.05) is 0 Å². The van der Waals surface area contributed by atoms with Crippen molar-refractivity contribution in [1.29, 1.82) is 0 Å². The predicted octanol–water partition coefficient (Wildman–Crippen LogP) is 3.24. The maximum absolute atomic E-state index is 6.57. The monoisotopic (exact) mass is 325 g/mol. The molecule has 1 spiro atoms. The normalized spacial score (nSPS) is 55.2. The van der Waals surface area contributed by atoms with Crippen molar-refractivity contribution < 1.29 is 19.2 Å². The van der Waals surface area contributed by atoms with Gasteiger partial charge in [-0.15, -0.1) is 0 Å². The van der Waals surface area contributed by atoms with Crippen LogP contribution >= 0.6 is 12.2 Å². The standard InChI is InChI=1S/C16H23NO4S/c1-13(2)10-5-7-14(3,17-9-22)11-6-8-15(4)18-12(19-21-13)16(10,11)20-15/h10-12H,5-8H2,1-4H3. The molecule has 0 radical (unpaired) electrons. The van der Waals surface area contributed by atoms with Gasteiger partial charge in [0.25, 0.3) is 0 Å². The van der Waals surface area contributed by atoms with E-state index in [2.05, 4.69) is 30.9 Å². The van der Waals surface area contributed by atoms with E-state index < -0.39 is 23.3 Å². The lowest BCUT2D eigenvalue weighted by Gasteiger charge is -2.60. The van der Waals surface area contributed by atoms with Crippen LogP contribution < -0.4 is 0 Å². The van der Waals surface area contributed by atoms with E-state index in [9.17, 15) is 0 Å². The van der Waals surface area contributed by atoms with Crippen LogP contribution in [0.15, 0.2) is 4.99 Å². The van der Waals surface area contributed by atoms with E-state index in [1.807, 2.05) is 6.92 Å². The third-order valence-corrected chi connectivity index (χ3v) is 6.37. The average molecular weight is 325 g/mol. The van der Waals surface area contributed by atoms with E-state index in [4.69, 9.17) is 31.5 Å². The molecule has 6 atom stereocenters. The van der Waals surface area contributed by atoms with Crippen molar-refractivity contribution in [3.8, 4) is 0 Å². The molecule has 0 aromatic heterocycles. The maximum atomic E-state index is 6.57. The molecule has 6 unspecified atom stereocenters. The highest BCUT2D eigenvalue weighted by Gasteiger charge is 2.75. The number of ether oxygens (including phenoxy) is 2. The Bertz CT molecular complexity index is 562. The zero-order valence-corrected chi connectivity index (χ0v) is 14.4. The lowest BCUT2D eigenvalue weighted by molar-refractivity contribution is -0.480. The van der Waals surface area contributed by atoms with Crippen molar-refractivity contribution in [3.05, 3.63) is 0 Å². The number of nitrogens with zero attached hydrogens (tertiary/aromatic N) is 1. The van der Waals surface area contributed by atoms with Gasteiger partial charge in [0.05, 0.1) is 10.7 Å². The van der Waals surface area contributed by atoms with E-state index >= 15 is 0 Å². The fraction of sp³-hybridized carbons (Fsp3) is 0.938. The molecule has 3 heterocycles. The van der Waals surface area contributed by atoms with Gasteiger partial charge < -0.3 is 9.47 Å². The summed E-state index contributed by atoms with van der Waals surface area (Å²) in [5.41, 5.74) is -1.21. The van der Waals surface area contributed by atoms with Gasteiger partial charge in [0.15, 0.2) is 5.79 Å². The first-order valence-electron chi connectivity index (χ1n) is 8.07. The molecule has 3 aliphatic heterocycles. The summed E-state index contributed by atoms with van der Waals surface area (Å²) < 4.78 is 12.7. The first-order valence-corrected chi connectivity index (χ1v) is 8.48. The van der Waals surface area contributed by atoms with Crippen LogP contribution in [0.25, 0.3) is 0 Å². The van der Waals surface area contributed by atoms with Crippen molar-refractivity contribution >= 4 is 17.4 Å². The number of aliphatic imine (C=N–C) groups is 1. The summed E-state index contributed by atoms with van der Waals surface area (Å²) in [5, 5.41) is 2.60. The van der Waals surface area contributed by atoms with Gasteiger partial charge in [-0.1, -0.05) is 0 Å². The molecule has 6 heteroatoms. The van der Waals surface area contributed by atoms with Crippen molar-refractivity contribution in [3.63, 3.8) is 0 Å². The largest absolute Gasteiger partial charge is 0.337 e. The Morgan fingerprint density at radius 2 is 1.82 bits per heavy atom. The highest BCUT2D eigenvalue weighted by Crippen LogP contribution is 2.65. The Morgan fingerprint density at radius 3 is 2.55 bits per heavy atom. The number of hydrogen-bond acceptors (Lipinski definition) is 6. The summed E-state index contributed by atoms with van der Waals surface area (Å²) in [6, 6.07) is 0. The van der Waals surface area contributed by atoms with Crippen LogP contribution in [-0.2, 0) is 19.2 Å². The smallest absolute Gasteiger partial charge is 0.224 e. The summed E-state index contributed by atoms with van der Waals surface area (Å²) in [7, 11) is 0. The highest BCUT2D eigenvalue weighted by atomic mass is 32.1. The minimum absolute atomic E-state index is 0.193. The van der Waals surface area contributed by atoms with Gasteiger partial charge in [-0.25, -0.2) is 14.8 Å². The summed E-state index contributed by atoms with van der Waals surface area (Å²) in [5.74, 6) is -0.194. The fourth-order valence-electron chi connectivity index (χ4n) is 5.30. The molecule has 2 bridgehead atoms. The van der Waals surface area contributed by atoms with Crippen LogP contribution in [0.2, 0.25) is 0 Å². The SMILES string of the molecule is CC12CCC3C(C)(N=C=S)CCC4C(C)(C)OOC(O1)C34O2. The maximum Gasteiger partial charge on any atom is 0.224 e. The van der Waals surface area contributed by atoms with Gasteiger partial charge in [0, 0.05) is 18.3 Å². The minimum atomic E-state index is -0.594. The molecule has 0 N–H and O–H groups in total. The quantitative estimate of drug-likeness (QED) is 0.421. The Labute approximate surface area is 136 Å². The van der Waals surface area contributed by atoms with Gasteiger partial charge in [-0.3, -0.25) is 0 Å². The number of isothiocyanates is 1. The van der Waals surface area contributed by atoms with Gasteiger partial charge in [-0.2, -0.15) is 0 Å². The average Bonchev–Trinajstić information content (AvgIpc) is 2.63. The van der Waals surface area contributed by atoms with Gasteiger partial charge in [0.1, 0.15) is 11.2 Å². The van der Waals surface area contributed by atoms with Crippen molar-refractivity contribution in [2.24, 2.45) is 16.8 Å². The van der Waals surface area contributed by atoms with E-state index in [1.54, 1.807) is 0 Å². The van der Waals surface area contributed by atoms with Crippen molar-refractivity contribution in [1.82, 2.24) is 0 Å². The zero-order chi connectivity index (χ0) is 15.8. The molecule has 1 aliphatic carbocycles. The summed E-state index contributed by atoms with van der Waals surface area (Å²) in [6.45, 7) is 8.29. The Balaban J connectivity index is 1.87. The highest BCUT2D eigenvalue weighted by molar-refractivity contribution is 7.78. The van der Waals surface area contributed by atoms with E-state index in [1.165, 1.54) is 0 Å². The Morgan fingerprint density at radius 1 is 1.09 bits per heavy atom. The van der Waals surface area contributed by atoms with Gasteiger partial charge >= 0.3 is 0 Å². The minimum Gasteiger partial charge on any atom is -0.337 e. The number of hydrogen-bond donors (Lipinski definition) is 0. The molecule has 4 rings (SSSR count). The number of thiocarbonyl (C=S) groups is 1.